The molecule has 8 nitrogen and oxygen atoms in total. The Hall–Kier alpha value is -4.45. The number of sulfonamides is 1. The van der Waals surface area contributed by atoms with Crippen molar-refractivity contribution < 1.29 is 13.5 Å². The van der Waals surface area contributed by atoms with Gasteiger partial charge >= 0.3 is 0 Å². The van der Waals surface area contributed by atoms with E-state index in [4.69, 9.17) is 29.8 Å². The molecule has 0 spiro atoms. The number of benzene rings is 3. The Morgan fingerprint density at radius 3 is 2.41 bits per heavy atom. The van der Waals surface area contributed by atoms with Crippen molar-refractivity contribution in [1.29, 1.82) is 0 Å². The van der Waals surface area contributed by atoms with Crippen molar-refractivity contribution in [3.8, 4) is 11.6 Å². The zero-order valence-corrected chi connectivity index (χ0v) is 24.5. The summed E-state index contributed by atoms with van der Waals surface area (Å²) < 4.78 is 29.6. The van der Waals surface area contributed by atoms with Crippen LogP contribution in [0, 0.1) is 13.5 Å². The molecular formula is C30H24Cl2N4O4S. The van der Waals surface area contributed by atoms with Crippen LogP contribution in [0.1, 0.15) is 16.7 Å². The van der Waals surface area contributed by atoms with E-state index >= 15 is 0 Å². The molecule has 1 heterocycles. The minimum Gasteiger partial charge on any atom is -0.502 e. The molecule has 4 rings (SSSR count). The molecule has 0 unspecified atom stereocenters. The van der Waals surface area contributed by atoms with Crippen molar-refractivity contribution in [2.75, 3.05) is 23.7 Å². The van der Waals surface area contributed by atoms with Crippen molar-refractivity contribution in [1.82, 2.24) is 4.57 Å². The fourth-order valence-corrected chi connectivity index (χ4v) is 5.48. The van der Waals surface area contributed by atoms with Crippen LogP contribution in [0.5, 0.6) is 5.88 Å². The van der Waals surface area contributed by atoms with Crippen LogP contribution >= 0.6 is 23.2 Å². The summed E-state index contributed by atoms with van der Waals surface area (Å²) in [5, 5.41) is 11.3. The van der Waals surface area contributed by atoms with E-state index in [0.717, 1.165) is 15.8 Å². The van der Waals surface area contributed by atoms with Gasteiger partial charge in [-0.1, -0.05) is 41.4 Å². The van der Waals surface area contributed by atoms with E-state index in [2.05, 4.69) is 15.3 Å². The maximum absolute atomic E-state index is 13.6. The Bertz CT molecular complexity index is 1920. The van der Waals surface area contributed by atoms with Crippen LogP contribution in [0.3, 0.4) is 0 Å². The number of rotatable bonds is 7. The number of halogens is 2. The average molecular weight is 608 g/mol. The van der Waals surface area contributed by atoms with Crippen LogP contribution in [0.25, 0.3) is 22.7 Å². The van der Waals surface area contributed by atoms with Crippen LogP contribution in [0.15, 0.2) is 82.2 Å². The number of anilines is 2. The molecule has 4 aromatic rings. The molecule has 1 aromatic heterocycles. The molecule has 0 aliphatic heterocycles. The van der Waals surface area contributed by atoms with Gasteiger partial charge in [-0.2, -0.15) is 0 Å². The van der Waals surface area contributed by atoms with Crippen LogP contribution < -0.4 is 15.2 Å². The summed E-state index contributed by atoms with van der Waals surface area (Å²) >= 11 is 12.1. The Morgan fingerprint density at radius 2 is 1.76 bits per heavy atom. The molecule has 41 heavy (non-hydrogen) atoms. The Balaban J connectivity index is 1.79. The van der Waals surface area contributed by atoms with Gasteiger partial charge in [0.1, 0.15) is 0 Å². The third kappa shape index (κ3) is 6.32. The van der Waals surface area contributed by atoms with Crippen molar-refractivity contribution in [3.05, 3.63) is 121 Å². The first-order valence-electron chi connectivity index (χ1n) is 12.1. The highest BCUT2D eigenvalue weighted by molar-refractivity contribution is 7.92. The second-order valence-corrected chi connectivity index (χ2v) is 11.7. The third-order valence-electron chi connectivity index (χ3n) is 6.17. The highest BCUT2D eigenvalue weighted by atomic mass is 35.5. The fraction of sp³-hybridized carbons (Fsp3) is 0.100. The lowest BCUT2D eigenvalue weighted by atomic mass is 10.1. The minimum atomic E-state index is -4.17. The zero-order valence-electron chi connectivity index (χ0n) is 22.2. The van der Waals surface area contributed by atoms with Crippen LogP contribution in [0.2, 0.25) is 10.0 Å². The number of hydrogen-bond donors (Lipinski definition) is 2. The Kier molecular flexibility index (Phi) is 8.62. The molecule has 11 heteroatoms. The van der Waals surface area contributed by atoms with E-state index in [1.807, 2.05) is 43.3 Å². The summed E-state index contributed by atoms with van der Waals surface area (Å²) in [6, 6.07) is 17.4. The van der Waals surface area contributed by atoms with E-state index in [1.54, 1.807) is 13.0 Å². The smallest absolute Gasteiger partial charge is 0.263 e. The van der Waals surface area contributed by atoms with Gasteiger partial charge in [-0.25, -0.2) is 13.3 Å². The van der Waals surface area contributed by atoms with E-state index in [9.17, 15) is 18.3 Å². The molecule has 0 aliphatic rings. The molecule has 0 atom stereocenters. The van der Waals surface area contributed by atoms with Crippen LogP contribution in [0.4, 0.5) is 17.1 Å². The van der Waals surface area contributed by atoms with E-state index in [0.29, 0.717) is 0 Å². The zero-order chi connectivity index (χ0) is 29.9. The molecule has 3 aromatic carbocycles. The molecule has 2 N–H and O–H groups in total. The predicted molar refractivity (Wildman–Crippen MR) is 165 cm³/mol. The van der Waals surface area contributed by atoms with Gasteiger partial charge in [0.05, 0.1) is 27.9 Å². The quantitative estimate of drug-likeness (QED) is 0.176. The highest BCUT2D eigenvalue weighted by Gasteiger charge is 2.22. The second kappa shape index (κ2) is 12.0. The molecule has 0 saturated carbocycles. The summed E-state index contributed by atoms with van der Waals surface area (Å²) in [6.45, 7) is 9.15. The van der Waals surface area contributed by atoms with Crippen molar-refractivity contribution in [3.63, 3.8) is 0 Å². The van der Waals surface area contributed by atoms with Gasteiger partial charge in [0.15, 0.2) is 0 Å². The molecule has 208 valence electrons. The maximum atomic E-state index is 13.6. The van der Waals surface area contributed by atoms with Crippen molar-refractivity contribution in [2.45, 2.75) is 11.8 Å². The van der Waals surface area contributed by atoms with Crippen molar-refractivity contribution >= 4 is 62.4 Å². The molecule has 0 fully saturated rings. The molecule has 0 saturated heterocycles. The predicted octanol–water partition coefficient (Wildman–Crippen LogP) is 6.90. The lowest BCUT2D eigenvalue weighted by Gasteiger charge is -2.15. The number of nitrogens with one attached hydrogen (secondary N) is 1. The minimum absolute atomic E-state index is 0.0374. The van der Waals surface area contributed by atoms with Gasteiger partial charge in [-0.15, -0.1) is 5.73 Å². The molecule has 0 radical (unpaired) electrons. The number of nitrogens with zero attached hydrogens (tertiary/aromatic N) is 3. The summed E-state index contributed by atoms with van der Waals surface area (Å²) in [5.74, 6) is -0.608. The number of hydrogen-bond acceptors (Lipinski definition) is 5. The van der Waals surface area contributed by atoms with Gasteiger partial charge < -0.3 is 10.0 Å². The summed E-state index contributed by atoms with van der Waals surface area (Å²) in [7, 11) is -0.296. The first kappa shape index (κ1) is 29.5. The fourth-order valence-electron chi connectivity index (χ4n) is 3.98. The SMILES string of the molecule is [C-]#[N+]c1c(C)c(C=C=Cc2ccc(N(C)C)cc2)c(=O)n(-c2cccc(S(=O)(=O)Nc3cc(Cl)ccc3Cl)c2)c1O. The highest BCUT2D eigenvalue weighted by Crippen LogP contribution is 2.34. The van der Waals surface area contributed by atoms with Gasteiger partial charge in [-0.3, -0.25) is 14.1 Å². The molecule has 0 bridgehead atoms. The third-order valence-corrected chi connectivity index (χ3v) is 8.10. The Morgan fingerprint density at radius 1 is 1.05 bits per heavy atom. The van der Waals surface area contributed by atoms with Gasteiger partial charge in [0.2, 0.25) is 11.6 Å². The standard InChI is InChI=1S/C30H24Cl2N4O4S/c1-19-25(10-5-7-20-11-14-22(15-12-20)35(3)4)29(37)36(30(38)28(19)33-2)23-8-6-9-24(18-23)41(39,40)34-27-17-21(31)13-16-26(27)32/h6-18,34,38H,1,3-4H3. The van der Waals surface area contributed by atoms with E-state index in [-0.39, 0.29) is 43.1 Å². The number of aromatic nitrogens is 1. The monoisotopic (exact) mass is 606 g/mol. The largest absolute Gasteiger partial charge is 0.502 e. The van der Waals surface area contributed by atoms with Crippen LogP contribution in [-0.2, 0) is 10.0 Å². The molecule has 0 aliphatic carbocycles. The summed E-state index contributed by atoms with van der Waals surface area (Å²) in [6.07, 6.45) is 3.12. The topological polar surface area (TPSA) is 96.0 Å². The lowest BCUT2D eigenvalue weighted by molar-refractivity contribution is 0.438. The lowest BCUT2D eigenvalue weighted by Crippen LogP contribution is -2.22. The molecule has 0 amide bonds. The van der Waals surface area contributed by atoms with Crippen molar-refractivity contribution in [2.24, 2.45) is 0 Å². The second-order valence-electron chi connectivity index (χ2n) is 9.13. The average Bonchev–Trinajstić information content (AvgIpc) is 2.93. The summed E-state index contributed by atoms with van der Waals surface area (Å²) in [5.41, 5.74) is 4.55. The van der Waals surface area contributed by atoms with E-state index in [1.165, 1.54) is 48.5 Å². The van der Waals surface area contributed by atoms with Gasteiger partial charge in [-0.05, 0) is 78.7 Å². The normalized spacial score (nSPS) is 10.8. The maximum Gasteiger partial charge on any atom is 0.263 e. The Labute approximate surface area is 247 Å². The summed E-state index contributed by atoms with van der Waals surface area (Å²) in [4.78, 5) is 18.8. The van der Waals surface area contributed by atoms with Crippen LogP contribution in [-0.4, -0.2) is 32.2 Å². The number of pyridine rings is 1. The van der Waals surface area contributed by atoms with Gasteiger partial charge in [0.25, 0.3) is 15.6 Å². The number of aromatic hydroxyl groups is 1. The van der Waals surface area contributed by atoms with E-state index < -0.39 is 21.5 Å². The first-order chi connectivity index (χ1) is 19.4. The van der Waals surface area contributed by atoms with Gasteiger partial charge in [0, 0.05) is 30.4 Å². The first-order valence-corrected chi connectivity index (χ1v) is 14.3. The molecular weight excluding hydrogens is 583 g/mol.